The van der Waals surface area contributed by atoms with Gasteiger partial charge in [0.05, 0.1) is 17.8 Å². The summed E-state index contributed by atoms with van der Waals surface area (Å²) in [6.45, 7) is 10.1. The highest BCUT2D eigenvalue weighted by atomic mass is 16.6. The van der Waals surface area contributed by atoms with Gasteiger partial charge < -0.3 is 15.5 Å². The van der Waals surface area contributed by atoms with E-state index in [0.717, 1.165) is 11.3 Å². The predicted molar refractivity (Wildman–Crippen MR) is 70.0 cm³/mol. The summed E-state index contributed by atoms with van der Waals surface area (Å²) in [5.74, 6) is 0. The average Bonchev–Trinajstić information content (AvgIpc) is 2.64. The summed E-state index contributed by atoms with van der Waals surface area (Å²) in [7, 11) is 0. The number of nitrogens with one attached hydrogen (secondary N) is 1. The van der Waals surface area contributed by atoms with E-state index < -0.39 is 11.1 Å². The molecule has 5 heteroatoms. The molecular formula is C13H21N3O2. The highest BCUT2D eigenvalue weighted by Crippen LogP contribution is 2.41. The zero-order valence-corrected chi connectivity index (χ0v) is 11.6. The number of ether oxygens (including phenoxy) is 1. The van der Waals surface area contributed by atoms with E-state index in [-0.39, 0.29) is 6.09 Å². The molecule has 0 bridgehead atoms. The molecule has 1 aliphatic rings. The predicted octanol–water partition coefficient (Wildman–Crippen LogP) is 2.58. The zero-order valence-electron chi connectivity index (χ0n) is 11.6. The van der Waals surface area contributed by atoms with Gasteiger partial charge in [0.1, 0.15) is 5.60 Å². The second kappa shape index (κ2) is 3.67. The standard InChI is InChI=1S/C13H21N3O2/c1-12(2,3)18-11(17)16-7-8-9(14)6-15-10(8)13(16,4)5/h6,15H,7,14H2,1-5H3. The number of carbonyl (C=O) groups is 1. The maximum absolute atomic E-state index is 12.2. The third-order valence-electron chi connectivity index (χ3n) is 3.24. The Morgan fingerprint density at radius 3 is 2.61 bits per heavy atom. The van der Waals surface area contributed by atoms with Gasteiger partial charge in [-0.15, -0.1) is 0 Å². The number of rotatable bonds is 0. The number of anilines is 1. The molecule has 0 radical (unpaired) electrons. The molecule has 5 nitrogen and oxygen atoms in total. The van der Waals surface area contributed by atoms with Crippen LogP contribution >= 0.6 is 0 Å². The average molecular weight is 251 g/mol. The number of aromatic nitrogens is 1. The fraction of sp³-hybridized carbons (Fsp3) is 0.615. The van der Waals surface area contributed by atoms with Gasteiger partial charge in [0.15, 0.2) is 0 Å². The van der Waals surface area contributed by atoms with Crippen LogP contribution in [0.1, 0.15) is 45.9 Å². The Bertz CT molecular complexity index is 483. The molecule has 100 valence electrons. The van der Waals surface area contributed by atoms with Gasteiger partial charge in [-0.2, -0.15) is 0 Å². The van der Waals surface area contributed by atoms with Crippen molar-refractivity contribution >= 4 is 11.8 Å². The molecule has 18 heavy (non-hydrogen) atoms. The lowest BCUT2D eigenvalue weighted by molar-refractivity contribution is 0.00466. The minimum atomic E-state index is -0.491. The Morgan fingerprint density at radius 2 is 2.11 bits per heavy atom. The molecule has 0 saturated heterocycles. The maximum atomic E-state index is 12.2. The normalized spacial score (nSPS) is 17.7. The van der Waals surface area contributed by atoms with E-state index in [1.165, 1.54) is 0 Å². The lowest BCUT2D eigenvalue weighted by Crippen LogP contribution is -2.43. The number of nitrogens with two attached hydrogens (primary N) is 1. The first-order valence-corrected chi connectivity index (χ1v) is 6.10. The Labute approximate surface area is 107 Å². The molecule has 1 aromatic heterocycles. The number of hydrogen-bond donors (Lipinski definition) is 2. The van der Waals surface area contributed by atoms with E-state index in [2.05, 4.69) is 4.98 Å². The van der Waals surface area contributed by atoms with Crippen LogP contribution < -0.4 is 5.73 Å². The van der Waals surface area contributed by atoms with E-state index in [4.69, 9.17) is 10.5 Å². The summed E-state index contributed by atoms with van der Waals surface area (Å²) in [5.41, 5.74) is 7.66. The van der Waals surface area contributed by atoms with Crippen LogP contribution in [-0.2, 0) is 16.8 Å². The first-order chi connectivity index (χ1) is 8.13. The molecule has 1 aliphatic heterocycles. The second-order valence-corrected chi connectivity index (χ2v) is 6.22. The third-order valence-corrected chi connectivity index (χ3v) is 3.24. The molecule has 1 amide bonds. The monoisotopic (exact) mass is 251 g/mol. The number of nitrogens with zero attached hydrogens (tertiary/aromatic N) is 1. The molecule has 0 saturated carbocycles. The van der Waals surface area contributed by atoms with E-state index in [0.29, 0.717) is 12.2 Å². The first kappa shape index (κ1) is 12.8. The zero-order chi connectivity index (χ0) is 13.7. The summed E-state index contributed by atoms with van der Waals surface area (Å²) in [4.78, 5) is 17.1. The molecule has 0 fully saturated rings. The fourth-order valence-corrected chi connectivity index (χ4v) is 2.29. The molecular weight excluding hydrogens is 230 g/mol. The van der Waals surface area contributed by atoms with Crippen LogP contribution in [0.25, 0.3) is 0 Å². The van der Waals surface area contributed by atoms with Gasteiger partial charge in [-0.3, -0.25) is 4.90 Å². The molecule has 0 spiro atoms. The SMILES string of the molecule is CC(C)(C)OC(=O)N1Cc2c(N)c[nH]c2C1(C)C. The van der Waals surface area contributed by atoms with E-state index in [1.54, 1.807) is 11.1 Å². The van der Waals surface area contributed by atoms with E-state index in [1.807, 2.05) is 34.6 Å². The van der Waals surface area contributed by atoms with Crippen molar-refractivity contribution in [3.8, 4) is 0 Å². The van der Waals surface area contributed by atoms with Crippen molar-refractivity contribution in [1.82, 2.24) is 9.88 Å². The summed E-state index contributed by atoms with van der Waals surface area (Å²) >= 11 is 0. The van der Waals surface area contributed by atoms with Gasteiger partial charge in [0, 0.05) is 17.5 Å². The van der Waals surface area contributed by atoms with Crippen LogP contribution in [-0.4, -0.2) is 21.6 Å². The maximum Gasteiger partial charge on any atom is 0.411 e. The van der Waals surface area contributed by atoms with Gasteiger partial charge in [-0.05, 0) is 34.6 Å². The van der Waals surface area contributed by atoms with E-state index in [9.17, 15) is 4.79 Å². The number of nitrogen functional groups attached to an aromatic ring is 1. The molecule has 0 aliphatic carbocycles. The summed E-state index contributed by atoms with van der Waals surface area (Å²) in [6.07, 6.45) is 1.47. The van der Waals surface area contributed by atoms with Crippen molar-refractivity contribution in [1.29, 1.82) is 0 Å². The largest absolute Gasteiger partial charge is 0.444 e. The van der Waals surface area contributed by atoms with Crippen molar-refractivity contribution in [2.24, 2.45) is 0 Å². The molecule has 0 aromatic carbocycles. The number of hydrogen-bond acceptors (Lipinski definition) is 3. The van der Waals surface area contributed by atoms with Crippen LogP contribution in [0.5, 0.6) is 0 Å². The van der Waals surface area contributed by atoms with Crippen LogP contribution in [0.15, 0.2) is 6.20 Å². The highest BCUT2D eigenvalue weighted by Gasteiger charge is 2.44. The topological polar surface area (TPSA) is 71.3 Å². The molecule has 2 rings (SSSR count). The number of aromatic amines is 1. The van der Waals surface area contributed by atoms with Crippen LogP contribution in [0, 0.1) is 0 Å². The Morgan fingerprint density at radius 1 is 1.50 bits per heavy atom. The van der Waals surface area contributed by atoms with Crippen molar-refractivity contribution < 1.29 is 9.53 Å². The Balaban J connectivity index is 2.26. The highest BCUT2D eigenvalue weighted by molar-refractivity contribution is 5.72. The minimum Gasteiger partial charge on any atom is -0.444 e. The summed E-state index contributed by atoms with van der Waals surface area (Å²) in [6, 6.07) is 0. The molecule has 0 atom stereocenters. The van der Waals surface area contributed by atoms with Crippen LogP contribution in [0.3, 0.4) is 0 Å². The van der Waals surface area contributed by atoms with Gasteiger partial charge >= 0.3 is 6.09 Å². The van der Waals surface area contributed by atoms with Crippen LogP contribution in [0.4, 0.5) is 10.5 Å². The Hall–Kier alpha value is -1.65. The molecule has 0 unspecified atom stereocenters. The van der Waals surface area contributed by atoms with Crippen LogP contribution in [0.2, 0.25) is 0 Å². The van der Waals surface area contributed by atoms with Gasteiger partial charge in [-0.1, -0.05) is 0 Å². The summed E-state index contributed by atoms with van der Waals surface area (Å²) < 4.78 is 5.43. The first-order valence-electron chi connectivity index (χ1n) is 6.10. The van der Waals surface area contributed by atoms with Gasteiger partial charge in [0.2, 0.25) is 0 Å². The number of amides is 1. The quantitative estimate of drug-likeness (QED) is 0.744. The lowest BCUT2D eigenvalue weighted by Gasteiger charge is -2.33. The minimum absolute atomic E-state index is 0.309. The van der Waals surface area contributed by atoms with Crippen molar-refractivity contribution in [2.75, 3.05) is 5.73 Å². The number of fused-ring (bicyclic) bond motifs is 1. The summed E-state index contributed by atoms with van der Waals surface area (Å²) in [5, 5.41) is 0. The molecule has 3 N–H and O–H groups in total. The van der Waals surface area contributed by atoms with Crippen molar-refractivity contribution in [3.63, 3.8) is 0 Å². The molecule has 2 heterocycles. The lowest BCUT2D eigenvalue weighted by atomic mass is 10.0. The van der Waals surface area contributed by atoms with Gasteiger partial charge in [-0.25, -0.2) is 4.79 Å². The van der Waals surface area contributed by atoms with Crippen molar-refractivity contribution in [3.05, 3.63) is 17.5 Å². The second-order valence-electron chi connectivity index (χ2n) is 6.22. The smallest absolute Gasteiger partial charge is 0.411 e. The number of H-pyrrole nitrogens is 1. The fourth-order valence-electron chi connectivity index (χ4n) is 2.29. The van der Waals surface area contributed by atoms with Gasteiger partial charge in [0.25, 0.3) is 0 Å². The third kappa shape index (κ3) is 1.94. The van der Waals surface area contributed by atoms with E-state index >= 15 is 0 Å². The molecule has 1 aromatic rings. The van der Waals surface area contributed by atoms with Crippen molar-refractivity contribution in [2.45, 2.75) is 52.3 Å². The number of carbonyl (C=O) groups excluding carboxylic acids is 1. The Kier molecular flexibility index (Phi) is 2.61.